The molecule has 4 aliphatic heterocycles. The number of rotatable bonds is 5. The zero-order valence-electron chi connectivity index (χ0n) is 18.8. The third-order valence-electron chi connectivity index (χ3n) is 7.46. The highest BCUT2D eigenvalue weighted by atomic mass is 16.2. The van der Waals surface area contributed by atoms with E-state index >= 15 is 0 Å². The highest BCUT2D eigenvalue weighted by Gasteiger charge is 2.46. The second-order valence-corrected chi connectivity index (χ2v) is 9.46. The number of nitrogens with one attached hydrogen (secondary N) is 2. The first-order valence-electron chi connectivity index (χ1n) is 12.1. The molecule has 9 heteroatoms. The van der Waals surface area contributed by atoms with Crippen LogP contribution in [0.3, 0.4) is 0 Å². The summed E-state index contributed by atoms with van der Waals surface area (Å²) < 4.78 is 0. The van der Waals surface area contributed by atoms with Crippen molar-refractivity contribution in [2.75, 3.05) is 50.7 Å². The number of carbonyl (C=O) groups excluding carboxylic acids is 4. The largest absolute Gasteiger partial charge is 0.371 e. The Morgan fingerprint density at radius 3 is 2.39 bits per heavy atom. The number of fused-ring (bicyclic) bond motifs is 1. The summed E-state index contributed by atoms with van der Waals surface area (Å²) in [5, 5.41) is 5.64. The fraction of sp³-hybridized carbons (Fsp3) is 0.583. The summed E-state index contributed by atoms with van der Waals surface area (Å²) in [5.74, 6) is -1.15. The van der Waals surface area contributed by atoms with Gasteiger partial charge in [-0.3, -0.25) is 29.4 Å². The minimum atomic E-state index is -0.932. The van der Waals surface area contributed by atoms with Gasteiger partial charge in [0.25, 0.3) is 11.8 Å². The summed E-state index contributed by atoms with van der Waals surface area (Å²) in [5.41, 5.74) is 1.52. The number of carbonyl (C=O) groups is 4. The number of piperazine rings is 1. The van der Waals surface area contributed by atoms with Crippen molar-refractivity contribution >= 4 is 29.3 Å². The topological polar surface area (TPSA) is 102 Å². The number of amides is 4. The van der Waals surface area contributed by atoms with E-state index in [0.29, 0.717) is 17.0 Å². The molecular formula is C24H31N5O4. The molecule has 0 spiro atoms. The molecule has 176 valence electrons. The summed E-state index contributed by atoms with van der Waals surface area (Å²) in [6.45, 7) is 7.22. The molecular weight excluding hydrogens is 422 g/mol. The molecule has 0 radical (unpaired) electrons. The van der Waals surface area contributed by atoms with E-state index in [2.05, 4.69) is 20.4 Å². The number of imide groups is 2. The molecule has 0 aromatic heterocycles. The Labute approximate surface area is 193 Å². The van der Waals surface area contributed by atoms with Crippen molar-refractivity contribution in [2.45, 2.75) is 38.1 Å². The number of benzene rings is 1. The standard InChI is InChI=1S/C24H31N5O4/c30-20-5-4-19(22(31)26-20)29-23(32)17-2-1-3-18(21(17)24(29)33)28-12-7-16(8-13-28)6-11-27-14-9-25-10-15-27/h1-3,16,19,25H,4-15H2,(H,26,30,31). The highest BCUT2D eigenvalue weighted by Crippen LogP contribution is 2.36. The molecule has 3 saturated heterocycles. The van der Waals surface area contributed by atoms with Crippen molar-refractivity contribution in [1.29, 1.82) is 0 Å². The van der Waals surface area contributed by atoms with Crippen molar-refractivity contribution in [3.05, 3.63) is 29.3 Å². The molecule has 4 amide bonds. The van der Waals surface area contributed by atoms with Crippen LogP contribution in [-0.2, 0) is 9.59 Å². The Bertz CT molecular complexity index is 966. The van der Waals surface area contributed by atoms with Crippen molar-refractivity contribution < 1.29 is 19.2 Å². The number of hydrogen-bond acceptors (Lipinski definition) is 7. The Hall–Kier alpha value is -2.78. The Kier molecular flexibility index (Phi) is 6.16. The zero-order chi connectivity index (χ0) is 22.9. The molecule has 4 heterocycles. The van der Waals surface area contributed by atoms with Gasteiger partial charge in [0.2, 0.25) is 11.8 Å². The lowest BCUT2D eigenvalue weighted by Crippen LogP contribution is -2.54. The van der Waals surface area contributed by atoms with Crippen LogP contribution < -0.4 is 15.5 Å². The zero-order valence-corrected chi connectivity index (χ0v) is 18.8. The van der Waals surface area contributed by atoms with E-state index in [4.69, 9.17) is 0 Å². The lowest BCUT2D eigenvalue weighted by Gasteiger charge is -2.36. The molecule has 33 heavy (non-hydrogen) atoms. The summed E-state index contributed by atoms with van der Waals surface area (Å²) in [6, 6.07) is 4.44. The van der Waals surface area contributed by atoms with Crippen LogP contribution in [0.1, 0.15) is 52.8 Å². The van der Waals surface area contributed by atoms with Gasteiger partial charge in [0, 0.05) is 45.7 Å². The third-order valence-corrected chi connectivity index (χ3v) is 7.46. The second kappa shape index (κ2) is 9.23. The van der Waals surface area contributed by atoms with E-state index < -0.39 is 23.8 Å². The Balaban J connectivity index is 1.26. The quantitative estimate of drug-likeness (QED) is 0.630. The van der Waals surface area contributed by atoms with Gasteiger partial charge in [0.05, 0.1) is 16.8 Å². The molecule has 1 unspecified atom stereocenters. The van der Waals surface area contributed by atoms with Crippen LogP contribution in [0.4, 0.5) is 5.69 Å². The van der Waals surface area contributed by atoms with Crippen LogP contribution in [0.5, 0.6) is 0 Å². The number of anilines is 1. The number of hydrogen-bond donors (Lipinski definition) is 2. The number of piperidine rings is 2. The van der Waals surface area contributed by atoms with Gasteiger partial charge in [-0.05, 0) is 50.3 Å². The molecule has 0 saturated carbocycles. The van der Waals surface area contributed by atoms with Crippen molar-refractivity contribution in [3.8, 4) is 0 Å². The SMILES string of the molecule is O=C1CCC(N2C(=O)c3cccc(N4CCC(CCN5CCNCC5)CC4)c3C2=O)C(=O)N1. The fourth-order valence-electron chi connectivity index (χ4n) is 5.52. The smallest absolute Gasteiger partial charge is 0.264 e. The van der Waals surface area contributed by atoms with Crippen molar-refractivity contribution in [2.24, 2.45) is 5.92 Å². The molecule has 1 aromatic rings. The monoisotopic (exact) mass is 453 g/mol. The lowest BCUT2D eigenvalue weighted by molar-refractivity contribution is -0.136. The average molecular weight is 454 g/mol. The van der Waals surface area contributed by atoms with Gasteiger partial charge in [-0.2, -0.15) is 0 Å². The van der Waals surface area contributed by atoms with E-state index in [1.54, 1.807) is 6.07 Å². The molecule has 4 aliphatic rings. The van der Waals surface area contributed by atoms with E-state index in [1.165, 1.54) is 6.42 Å². The van der Waals surface area contributed by atoms with E-state index in [-0.39, 0.29) is 18.7 Å². The second-order valence-electron chi connectivity index (χ2n) is 9.46. The summed E-state index contributed by atoms with van der Waals surface area (Å²) >= 11 is 0. The maximum Gasteiger partial charge on any atom is 0.264 e. The highest BCUT2D eigenvalue weighted by molar-refractivity contribution is 6.25. The van der Waals surface area contributed by atoms with Crippen LogP contribution in [-0.4, -0.2) is 85.3 Å². The molecule has 2 N–H and O–H groups in total. The molecule has 1 aromatic carbocycles. The fourth-order valence-corrected chi connectivity index (χ4v) is 5.52. The summed E-state index contributed by atoms with van der Waals surface area (Å²) in [4.78, 5) is 56.0. The van der Waals surface area contributed by atoms with E-state index in [1.807, 2.05) is 12.1 Å². The van der Waals surface area contributed by atoms with Gasteiger partial charge in [-0.15, -0.1) is 0 Å². The van der Waals surface area contributed by atoms with Crippen LogP contribution in [0.25, 0.3) is 0 Å². The normalized spacial score (nSPS) is 24.9. The first kappa shape index (κ1) is 22.0. The summed E-state index contributed by atoms with van der Waals surface area (Å²) in [6.07, 6.45) is 3.62. The van der Waals surface area contributed by atoms with Crippen LogP contribution in [0.15, 0.2) is 18.2 Å². The van der Waals surface area contributed by atoms with Crippen molar-refractivity contribution in [1.82, 2.24) is 20.4 Å². The minimum Gasteiger partial charge on any atom is -0.371 e. The molecule has 0 bridgehead atoms. The first-order valence-corrected chi connectivity index (χ1v) is 12.1. The minimum absolute atomic E-state index is 0.123. The van der Waals surface area contributed by atoms with Crippen LogP contribution >= 0.6 is 0 Å². The van der Waals surface area contributed by atoms with Crippen LogP contribution in [0, 0.1) is 5.92 Å². The van der Waals surface area contributed by atoms with Gasteiger partial charge >= 0.3 is 0 Å². The van der Waals surface area contributed by atoms with Gasteiger partial charge in [0.15, 0.2) is 0 Å². The van der Waals surface area contributed by atoms with E-state index in [0.717, 1.165) is 69.2 Å². The van der Waals surface area contributed by atoms with Gasteiger partial charge in [-0.1, -0.05) is 6.07 Å². The van der Waals surface area contributed by atoms with Gasteiger partial charge in [0.1, 0.15) is 6.04 Å². The van der Waals surface area contributed by atoms with Crippen molar-refractivity contribution in [3.63, 3.8) is 0 Å². The van der Waals surface area contributed by atoms with E-state index in [9.17, 15) is 19.2 Å². The first-order chi connectivity index (χ1) is 16.0. The molecule has 0 aliphatic carbocycles. The lowest BCUT2D eigenvalue weighted by atomic mass is 9.92. The Morgan fingerprint density at radius 1 is 0.909 bits per heavy atom. The average Bonchev–Trinajstić information content (AvgIpc) is 3.09. The maximum atomic E-state index is 13.3. The Morgan fingerprint density at radius 2 is 1.67 bits per heavy atom. The number of nitrogens with zero attached hydrogens (tertiary/aromatic N) is 3. The van der Waals surface area contributed by atoms with Crippen LogP contribution in [0.2, 0.25) is 0 Å². The maximum absolute atomic E-state index is 13.3. The third kappa shape index (κ3) is 4.27. The van der Waals surface area contributed by atoms with Gasteiger partial charge < -0.3 is 15.1 Å². The summed E-state index contributed by atoms with van der Waals surface area (Å²) in [7, 11) is 0. The molecule has 5 rings (SSSR count). The molecule has 3 fully saturated rings. The molecule has 1 atom stereocenters. The predicted molar refractivity (Wildman–Crippen MR) is 122 cm³/mol. The molecule has 9 nitrogen and oxygen atoms in total. The predicted octanol–water partition coefficient (Wildman–Crippen LogP) is 0.600. The van der Waals surface area contributed by atoms with Gasteiger partial charge in [-0.25, -0.2) is 0 Å².